The SMILES string of the molecule is Cc1ccc(S(=O)(=O)n2ccc3c2ncc2nnc(C4CC(N[SH](=O)=O)CC4C)n23)cc1. The van der Waals surface area contributed by atoms with Crippen molar-refractivity contribution in [3.05, 3.63) is 54.1 Å². The Morgan fingerprint density at radius 1 is 1.09 bits per heavy atom. The first-order chi connectivity index (χ1) is 15.3. The smallest absolute Gasteiger partial charge is 0.269 e. The topological polar surface area (TPSA) is 128 Å². The van der Waals surface area contributed by atoms with Crippen molar-refractivity contribution in [2.75, 3.05) is 0 Å². The summed E-state index contributed by atoms with van der Waals surface area (Å²) in [5.74, 6) is 0.826. The summed E-state index contributed by atoms with van der Waals surface area (Å²) >= 11 is 0. The van der Waals surface area contributed by atoms with Crippen LogP contribution < -0.4 is 4.72 Å². The maximum absolute atomic E-state index is 13.3. The van der Waals surface area contributed by atoms with E-state index in [9.17, 15) is 16.8 Å². The van der Waals surface area contributed by atoms with Crippen LogP contribution in [0.15, 0.2) is 47.6 Å². The van der Waals surface area contributed by atoms with Crippen LogP contribution in [0.3, 0.4) is 0 Å². The van der Waals surface area contributed by atoms with Gasteiger partial charge in [-0.25, -0.2) is 30.5 Å². The Balaban J connectivity index is 1.62. The maximum Gasteiger partial charge on any atom is 0.269 e. The highest BCUT2D eigenvalue weighted by Gasteiger charge is 2.36. The molecule has 1 N–H and O–H groups in total. The van der Waals surface area contributed by atoms with Gasteiger partial charge in [0.05, 0.1) is 16.6 Å². The molecule has 4 aromatic rings. The first kappa shape index (κ1) is 21.0. The highest BCUT2D eigenvalue weighted by atomic mass is 32.2. The third kappa shape index (κ3) is 3.38. The number of hydrogen-bond donors (Lipinski definition) is 2. The van der Waals surface area contributed by atoms with Crippen molar-refractivity contribution in [1.82, 2.24) is 28.3 Å². The van der Waals surface area contributed by atoms with Gasteiger partial charge in [0.15, 0.2) is 11.3 Å². The average Bonchev–Trinajstić information content (AvgIpc) is 3.43. The Hall–Kier alpha value is -2.83. The molecule has 5 rings (SSSR count). The van der Waals surface area contributed by atoms with Crippen LogP contribution in [0.4, 0.5) is 0 Å². The van der Waals surface area contributed by atoms with Gasteiger partial charge >= 0.3 is 0 Å². The molecule has 1 aromatic carbocycles. The molecule has 3 unspecified atom stereocenters. The predicted octanol–water partition coefficient (Wildman–Crippen LogP) is 1.62. The zero-order chi connectivity index (χ0) is 22.6. The van der Waals surface area contributed by atoms with Crippen LogP contribution in [0.25, 0.3) is 16.8 Å². The van der Waals surface area contributed by atoms with Crippen molar-refractivity contribution < 1.29 is 16.8 Å². The number of aromatic nitrogens is 5. The maximum atomic E-state index is 13.3. The summed E-state index contributed by atoms with van der Waals surface area (Å²) in [5.41, 5.74) is 2.34. The number of thiol groups is 1. The van der Waals surface area contributed by atoms with Gasteiger partial charge in [-0.15, -0.1) is 10.2 Å². The molecule has 1 saturated carbocycles. The van der Waals surface area contributed by atoms with Gasteiger partial charge < -0.3 is 0 Å². The zero-order valence-electron chi connectivity index (χ0n) is 17.4. The van der Waals surface area contributed by atoms with E-state index in [1.807, 2.05) is 11.3 Å². The number of nitrogens with one attached hydrogen (secondary N) is 1. The summed E-state index contributed by atoms with van der Waals surface area (Å²) in [6.07, 6.45) is 4.28. The lowest BCUT2D eigenvalue weighted by molar-refractivity contribution is 0.506. The molecule has 3 aromatic heterocycles. The van der Waals surface area contributed by atoms with Crippen molar-refractivity contribution in [2.24, 2.45) is 5.92 Å². The molecular weight excluding hydrogens is 452 g/mol. The third-order valence-electron chi connectivity index (χ3n) is 6.14. The number of aryl methyl sites for hydroxylation is 1. The van der Waals surface area contributed by atoms with Crippen molar-refractivity contribution in [3.8, 4) is 0 Å². The van der Waals surface area contributed by atoms with E-state index in [1.54, 1.807) is 30.3 Å². The molecule has 1 fully saturated rings. The zero-order valence-corrected chi connectivity index (χ0v) is 19.1. The molecule has 32 heavy (non-hydrogen) atoms. The van der Waals surface area contributed by atoms with E-state index in [4.69, 9.17) is 0 Å². The van der Waals surface area contributed by atoms with Crippen LogP contribution >= 0.6 is 0 Å². The first-order valence-electron chi connectivity index (χ1n) is 10.2. The van der Waals surface area contributed by atoms with Crippen LogP contribution in [-0.4, -0.2) is 46.4 Å². The van der Waals surface area contributed by atoms with E-state index >= 15 is 0 Å². The van der Waals surface area contributed by atoms with Gasteiger partial charge in [-0.05, 0) is 43.9 Å². The Bertz CT molecular complexity index is 1500. The summed E-state index contributed by atoms with van der Waals surface area (Å²) in [4.78, 5) is 4.54. The molecule has 0 spiro atoms. The fourth-order valence-electron chi connectivity index (χ4n) is 4.57. The van der Waals surface area contributed by atoms with E-state index in [0.29, 0.717) is 29.8 Å². The Morgan fingerprint density at radius 3 is 2.56 bits per heavy atom. The second-order valence-electron chi connectivity index (χ2n) is 8.29. The number of nitrogens with zero attached hydrogens (tertiary/aromatic N) is 5. The number of rotatable bonds is 5. The third-order valence-corrected chi connectivity index (χ3v) is 8.40. The molecule has 10 nitrogen and oxygen atoms in total. The van der Waals surface area contributed by atoms with Gasteiger partial charge in [-0.2, -0.15) is 0 Å². The molecule has 12 heteroatoms. The lowest BCUT2D eigenvalue weighted by Gasteiger charge is -2.13. The quantitative estimate of drug-likeness (QED) is 0.421. The second-order valence-corrected chi connectivity index (χ2v) is 10.9. The van der Waals surface area contributed by atoms with Gasteiger partial charge in [0.25, 0.3) is 10.0 Å². The van der Waals surface area contributed by atoms with Gasteiger partial charge in [0.2, 0.25) is 10.9 Å². The molecule has 0 amide bonds. The van der Waals surface area contributed by atoms with E-state index < -0.39 is 20.9 Å². The fraction of sp³-hybridized carbons (Fsp3) is 0.350. The average molecular weight is 475 g/mol. The van der Waals surface area contributed by atoms with Crippen LogP contribution in [0.1, 0.15) is 37.1 Å². The standard InChI is InChI=1S/C20H22N6O4S2/c1-12-3-5-15(6-4-12)32(29,30)25-8-7-17-20(25)21-11-18-22-23-19(26(17)18)16-10-14(9-13(16)2)24-31(27)28/h3-8,11,13-14,16,31H,9-10H2,1-2H3,(H,24,27,28). The molecule has 3 atom stereocenters. The molecule has 1 aliphatic rings. The van der Waals surface area contributed by atoms with Crippen LogP contribution in [0, 0.1) is 12.8 Å². The summed E-state index contributed by atoms with van der Waals surface area (Å²) < 4.78 is 54.3. The number of benzene rings is 1. The largest absolute Gasteiger partial charge is 0.274 e. The molecule has 3 heterocycles. The van der Waals surface area contributed by atoms with E-state index in [2.05, 4.69) is 26.8 Å². The highest BCUT2D eigenvalue weighted by Crippen LogP contribution is 2.39. The minimum atomic E-state index is -3.83. The summed E-state index contributed by atoms with van der Waals surface area (Å²) in [6.45, 7) is 3.95. The molecule has 0 radical (unpaired) electrons. The Morgan fingerprint density at radius 2 is 1.84 bits per heavy atom. The molecule has 0 saturated heterocycles. The van der Waals surface area contributed by atoms with Crippen molar-refractivity contribution in [3.63, 3.8) is 0 Å². The molecule has 0 aliphatic heterocycles. The molecule has 1 aliphatic carbocycles. The van der Waals surface area contributed by atoms with E-state index in [0.717, 1.165) is 5.56 Å². The Labute approximate surface area is 186 Å². The monoisotopic (exact) mass is 474 g/mol. The lowest BCUT2D eigenvalue weighted by Crippen LogP contribution is -2.24. The first-order valence-corrected chi connectivity index (χ1v) is 12.8. The minimum absolute atomic E-state index is 0.0277. The second kappa shape index (κ2) is 7.64. The lowest BCUT2D eigenvalue weighted by atomic mass is 9.97. The summed E-state index contributed by atoms with van der Waals surface area (Å²) in [7, 11) is -6.51. The normalized spacial score (nSPS) is 21.8. The van der Waals surface area contributed by atoms with Gasteiger partial charge in [0.1, 0.15) is 5.82 Å². The molecular formula is C20H22N6O4S2. The minimum Gasteiger partial charge on any atom is -0.274 e. The van der Waals surface area contributed by atoms with Crippen LogP contribution in [0.5, 0.6) is 0 Å². The van der Waals surface area contributed by atoms with Gasteiger partial charge in [0, 0.05) is 18.2 Å². The predicted molar refractivity (Wildman–Crippen MR) is 118 cm³/mol. The van der Waals surface area contributed by atoms with E-state index in [1.165, 1.54) is 16.4 Å². The highest BCUT2D eigenvalue weighted by molar-refractivity contribution is 7.90. The van der Waals surface area contributed by atoms with Crippen molar-refractivity contribution in [2.45, 2.75) is 43.5 Å². The van der Waals surface area contributed by atoms with Crippen molar-refractivity contribution >= 4 is 37.7 Å². The van der Waals surface area contributed by atoms with Crippen LogP contribution in [0.2, 0.25) is 0 Å². The van der Waals surface area contributed by atoms with Crippen molar-refractivity contribution in [1.29, 1.82) is 0 Å². The van der Waals surface area contributed by atoms with E-state index in [-0.39, 0.29) is 28.4 Å². The fourth-order valence-corrected chi connectivity index (χ4v) is 6.38. The molecule has 168 valence electrons. The number of hydrogen-bond acceptors (Lipinski definition) is 7. The summed E-state index contributed by atoms with van der Waals surface area (Å²) in [6, 6.07) is 8.19. The van der Waals surface area contributed by atoms with Gasteiger partial charge in [-0.3, -0.25) is 4.40 Å². The van der Waals surface area contributed by atoms with Crippen LogP contribution in [-0.2, 0) is 20.9 Å². The Kier molecular flexibility index (Phi) is 5.02. The summed E-state index contributed by atoms with van der Waals surface area (Å²) in [5, 5.41) is 8.59. The number of fused-ring (bicyclic) bond motifs is 3. The molecule has 0 bridgehead atoms. The van der Waals surface area contributed by atoms with Gasteiger partial charge in [-0.1, -0.05) is 24.6 Å².